The van der Waals surface area contributed by atoms with Gasteiger partial charge < -0.3 is 15.6 Å². The van der Waals surface area contributed by atoms with Gasteiger partial charge in [-0.3, -0.25) is 4.79 Å². The molecule has 0 aliphatic heterocycles. The number of amides is 1. The second kappa shape index (κ2) is 5.24. The Morgan fingerprint density at radius 1 is 1.42 bits per heavy atom. The van der Waals surface area contributed by atoms with E-state index >= 15 is 0 Å². The molecule has 5 heteroatoms. The van der Waals surface area contributed by atoms with Crippen LogP contribution in [0.2, 0.25) is 0 Å². The molecule has 0 saturated heterocycles. The van der Waals surface area contributed by atoms with Crippen LogP contribution in [0.5, 0.6) is 0 Å². The van der Waals surface area contributed by atoms with Crippen LogP contribution in [0.15, 0.2) is 42.7 Å². The van der Waals surface area contributed by atoms with Crippen LogP contribution in [0.1, 0.15) is 18.3 Å². The summed E-state index contributed by atoms with van der Waals surface area (Å²) in [6.07, 6.45) is 3.39. The average molecular weight is 258 g/mol. The maximum absolute atomic E-state index is 12.5. The summed E-state index contributed by atoms with van der Waals surface area (Å²) in [6.45, 7) is 2.13. The fourth-order valence-electron chi connectivity index (χ4n) is 1.99. The van der Waals surface area contributed by atoms with E-state index in [9.17, 15) is 4.79 Å². The lowest BCUT2D eigenvalue weighted by Crippen LogP contribution is -2.49. The molecule has 0 aliphatic carbocycles. The van der Waals surface area contributed by atoms with E-state index in [4.69, 9.17) is 5.73 Å². The minimum absolute atomic E-state index is 0.143. The molecule has 19 heavy (non-hydrogen) atoms. The first-order valence-electron chi connectivity index (χ1n) is 6.10. The Bertz CT molecular complexity index is 534. The Balaban J connectivity index is 2.14. The van der Waals surface area contributed by atoms with Crippen LogP contribution in [-0.4, -0.2) is 27.8 Å². The molecule has 1 unspecified atom stereocenters. The van der Waals surface area contributed by atoms with Crippen LogP contribution in [0.4, 0.5) is 0 Å². The molecule has 0 saturated carbocycles. The van der Waals surface area contributed by atoms with Crippen LogP contribution in [0.25, 0.3) is 0 Å². The Morgan fingerprint density at radius 3 is 2.68 bits per heavy atom. The summed E-state index contributed by atoms with van der Waals surface area (Å²) in [4.78, 5) is 21.1. The van der Waals surface area contributed by atoms with Crippen LogP contribution in [0.3, 0.4) is 0 Å². The van der Waals surface area contributed by atoms with Crippen molar-refractivity contribution in [1.82, 2.24) is 14.9 Å². The SMILES string of the molecule is CN(Cc1ncc[nH]1)C(=O)C(C)(N)c1ccccc1. The van der Waals surface area contributed by atoms with Gasteiger partial charge in [0.25, 0.3) is 0 Å². The fraction of sp³-hybridized carbons (Fsp3) is 0.286. The van der Waals surface area contributed by atoms with E-state index in [1.165, 1.54) is 0 Å². The van der Waals surface area contributed by atoms with E-state index in [0.29, 0.717) is 6.54 Å². The maximum Gasteiger partial charge on any atom is 0.247 e. The van der Waals surface area contributed by atoms with E-state index in [2.05, 4.69) is 9.97 Å². The first-order chi connectivity index (χ1) is 9.01. The predicted octanol–water partition coefficient (Wildman–Crippen LogP) is 1.24. The second-order valence-corrected chi connectivity index (χ2v) is 4.77. The number of aromatic nitrogens is 2. The molecule has 2 aromatic rings. The summed E-state index contributed by atoms with van der Waals surface area (Å²) in [5.74, 6) is 0.592. The third-order valence-corrected chi connectivity index (χ3v) is 3.11. The number of nitrogens with one attached hydrogen (secondary N) is 1. The highest BCUT2D eigenvalue weighted by Gasteiger charge is 2.33. The van der Waals surface area contributed by atoms with Crippen LogP contribution >= 0.6 is 0 Å². The summed E-state index contributed by atoms with van der Waals surface area (Å²) in [5, 5.41) is 0. The van der Waals surface area contributed by atoms with Gasteiger partial charge in [0.05, 0.1) is 6.54 Å². The predicted molar refractivity (Wildman–Crippen MR) is 73.0 cm³/mol. The lowest BCUT2D eigenvalue weighted by Gasteiger charge is -2.29. The van der Waals surface area contributed by atoms with Gasteiger partial charge in [-0.25, -0.2) is 4.98 Å². The van der Waals surface area contributed by atoms with Crippen molar-refractivity contribution >= 4 is 5.91 Å². The van der Waals surface area contributed by atoms with Gasteiger partial charge in [0.1, 0.15) is 11.4 Å². The highest BCUT2D eigenvalue weighted by atomic mass is 16.2. The highest BCUT2D eigenvalue weighted by Crippen LogP contribution is 2.20. The van der Waals surface area contributed by atoms with Crippen molar-refractivity contribution in [2.45, 2.75) is 19.0 Å². The Kier molecular flexibility index (Phi) is 3.66. The van der Waals surface area contributed by atoms with E-state index in [1.807, 2.05) is 30.3 Å². The molecule has 1 heterocycles. The van der Waals surface area contributed by atoms with Gasteiger partial charge in [-0.05, 0) is 12.5 Å². The topological polar surface area (TPSA) is 75.0 Å². The molecule has 0 spiro atoms. The van der Waals surface area contributed by atoms with Crippen molar-refractivity contribution in [1.29, 1.82) is 0 Å². The van der Waals surface area contributed by atoms with Crippen LogP contribution in [-0.2, 0) is 16.9 Å². The number of aromatic amines is 1. The molecule has 2 rings (SSSR count). The third-order valence-electron chi connectivity index (χ3n) is 3.11. The van der Waals surface area contributed by atoms with E-state index < -0.39 is 5.54 Å². The normalized spacial score (nSPS) is 13.8. The van der Waals surface area contributed by atoms with Crippen LogP contribution in [0, 0.1) is 0 Å². The Labute approximate surface area is 112 Å². The van der Waals surface area contributed by atoms with Crippen molar-refractivity contribution in [3.05, 3.63) is 54.1 Å². The van der Waals surface area contributed by atoms with Gasteiger partial charge in [-0.2, -0.15) is 0 Å². The number of likely N-dealkylation sites (N-methyl/N-ethyl adjacent to an activating group) is 1. The number of hydrogen-bond acceptors (Lipinski definition) is 3. The molecule has 1 atom stereocenters. The van der Waals surface area contributed by atoms with Gasteiger partial charge in [-0.15, -0.1) is 0 Å². The molecule has 1 aromatic carbocycles. The fourth-order valence-corrected chi connectivity index (χ4v) is 1.99. The summed E-state index contributed by atoms with van der Waals surface area (Å²) in [6, 6.07) is 9.37. The molecule has 1 amide bonds. The summed E-state index contributed by atoms with van der Waals surface area (Å²) in [7, 11) is 1.72. The number of imidazole rings is 1. The second-order valence-electron chi connectivity index (χ2n) is 4.77. The molecule has 100 valence electrons. The standard InChI is InChI=1S/C14H18N4O/c1-14(15,11-6-4-3-5-7-11)13(19)18(2)10-12-16-8-9-17-12/h3-9H,10,15H2,1-2H3,(H,16,17). The van der Waals surface area contributed by atoms with Gasteiger partial charge in [-0.1, -0.05) is 30.3 Å². The molecule has 0 aliphatic rings. The highest BCUT2D eigenvalue weighted by molar-refractivity contribution is 5.86. The first-order valence-corrected chi connectivity index (χ1v) is 6.10. The number of rotatable bonds is 4. The zero-order valence-electron chi connectivity index (χ0n) is 11.1. The minimum Gasteiger partial charge on any atom is -0.347 e. The molecular formula is C14H18N4O. The van der Waals surface area contributed by atoms with Crippen LogP contribution < -0.4 is 5.73 Å². The van der Waals surface area contributed by atoms with Crippen molar-refractivity contribution < 1.29 is 4.79 Å². The molecular weight excluding hydrogens is 240 g/mol. The number of carbonyl (C=O) groups excluding carboxylic acids is 1. The summed E-state index contributed by atoms with van der Waals surface area (Å²) in [5.41, 5.74) is 5.95. The van der Waals surface area contributed by atoms with Crippen molar-refractivity contribution in [2.24, 2.45) is 5.73 Å². The number of benzene rings is 1. The minimum atomic E-state index is -1.04. The monoisotopic (exact) mass is 258 g/mol. The van der Waals surface area contributed by atoms with Gasteiger partial charge in [0, 0.05) is 19.4 Å². The third kappa shape index (κ3) is 2.82. The smallest absolute Gasteiger partial charge is 0.247 e. The number of nitrogens with two attached hydrogens (primary N) is 1. The summed E-state index contributed by atoms with van der Waals surface area (Å²) < 4.78 is 0. The molecule has 5 nitrogen and oxygen atoms in total. The van der Waals surface area contributed by atoms with Gasteiger partial charge in [0.2, 0.25) is 5.91 Å². The van der Waals surface area contributed by atoms with Gasteiger partial charge in [0.15, 0.2) is 0 Å². The van der Waals surface area contributed by atoms with Crippen molar-refractivity contribution in [3.63, 3.8) is 0 Å². The summed E-state index contributed by atoms with van der Waals surface area (Å²) >= 11 is 0. The Morgan fingerprint density at radius 2 is 2.11 bits per heavy atom. The zero-order valence-corrected chi connectivity index (χ0v) is 11.1. The lowest BCUT2D eigenvalue weighted by atomic mass is 9.92. The number of H-pyrrole nitrogens is 1. The van der Waals surface area contributed by atoms with E-state index in [-0.39, 0.29) is 5.91 Å². The largest absolute Gasteiger partial charge is 0.347 e. The van der Waals surface area contributed by atoms with Crippen molar-refractivity contribution in [2.75, 3.05) is 7.05 Å². The molecule has 0 bridgehead atoms. The molecule has 3 N–H and O–H groups in total. The molecule has 1 aromatic heterocycles. The van der Waals surface area contributed by atoms with E-state index in [0.717, 1.165) is 11.4 Å². The number of carbonyl (C=O) groups is 1. The van der Waals surface area contributed by atoms with E-state index in [1.54, 1.807) is 31.3 Å². The first kappa shape index (κ1) is 13.3. The van der Waals surface area contributed by atoms with Gasteiger partial charge >= 0.3 is 0 Å². The average Bonchev–Trinajstić information content (AvgIpc) is 2.91. The Hall–Kier alpha value is -2.14. The molecule has 0 fully saturated rings. The maximum atomic E-state index is 12.5. The lowest BCUT2D eigenvalue weighted by molar-refractivity contribution is -0.136. The van der Waals surface area contributed by atoms with Crippen molar-refractivity contribution in [3.8, 4) is 0 Å². The zero-order chi connectivity index (χ0) is 13.9. The number of hydrogen-bond donors (Lipinski definition) is 2. The molecule has 0 radical (unpaired) electrons. The number of nitrogens with zero attached hydrogens (tertiary/aromatic N) is 2. The quantitative estimate of drug-likeness (QED) is 0.866.